The number of ether oxygens (including phenoxy) is 2. The van der Waals surface area contributed by atoms with Gasteiger partial charge in [0.1, 0.15) is 11.6 Å². The molecular weight excluding hydrogens is 335 g/mol. The number of primary amides is 1. The van der Waals surface area contributed by atoms with Crippen LogP contribution in [0.1, 0.15) is 10.4 Å². The molecule has 1 aromatic rings. The molecule has 1 aliphatic heterocycles. The van der Waals surface area contributed by atoms with E-state index >= 15 is 0 Å². The monoisotopic (exact) mass is 352 g/mol. The molecule has 1 saturated heterocycles. The number of methoxy groups -OCH3 is 1. The summed E-state index contributed by atoms with van der Waals surface area (Å²) in [4.78, 5) is 27.2. The van der Waals surface area contributed by atoms with E-state index in [0.29, 0.717) is 25.4 Å². The molecule has 0 saturated carbocycles. The zero-order valence-corrected chi connectivity index (χ0v) is 13.5. The Morgan fingerprint density at radius 1 is 1.50 bits per heavy atom. The lowest BCUT2D eigenvalue weighted by Gasteiger charge is -2.22. The SMILES string of the molecule is COc1ncc(NC(=O)C2COCCN2)cc1C(N)=O.Cl.Cl. The van der Waals surface area contributed by atoms with Gasteiger partial charge in [0.05, 0.1) is 32.2 Å². The highest BCUT2D eigenvalue weighted by Crippen LogP contribution is 2.18. The Hall–Kier alpha value is -1.61. The topological polar surface area (TPSA) is 116 Å². The fourth-order valence-electron chi connectivity index (χ4n) is 1.82. The van der Waals surface area contributed by atoms with Gasteiger partial charge in [-0.05, 0) is 6.07 Å². The normalized spacial score (nSPS) is 16.7. The highest BCUT2D eigenvalue weighted by atomic mass is 35.5. The van der Waals surface area contributed by atoms with Gasteiger partial charge in [0.15, 0.2) is 0 Å². The van der Waals surface area contributed by atoms with Crippen LogP contribution in [0.4, 0.5) is 5.69 Å². The van der Waals surface area contributed by atoms with E-state index in [2.05, 4.69) is 15.6 Å². The third-order valence-corrected chi connectivity index (χ3v) is 2.82. The Balaban J connectivity index is 0.00000220. The van der Waals surface area contributed by atoms with E-state index in [9.17, 15) is 9.59 Å². The van der Waals surface area contributed by atoms with Gasteiger partial charge in [0.2, 0.25) is 11.8 Å². The van der Waals surface area contributed by atoms with Crippen LogP contribution in [0.2, 0.25) is 0 Å². The predicted molar refractivity (Wildman–Crippen MR) is 85.0 cm³/mol. The molecule has 0 spiro atoms. The molecule has 0 bridgehead atoms. The fraction of sp³-hybridized carbons (Fsp3) is 0.417. The Kier molecular flexibility index (Phi) is 8.73. The van der Waals surface area contributed by atoms with Crippen molar-refractivity contribution < 1.29 is 19.1 Å². The van der Waals surface area contributed by atoms with E-state index in [-0.39, 0.29) is 42.2 Å². The Morgan fingerprint density at radius 2 is 2.23 bits per heavy atom. The van der Waals surface area contributed by atoms with Crippen molar-refractivity contribution in [2.45, 2.75) is 6.04 Å². The van der Waals surface area contributed by atoms with Gasteiger partial charge in [-0.25, -0.2) is 4.98 Å². The number of anilines is 1. The maximum absolute atomic E-state index is 12.0. The summed E-state index contributed by atoms with van der Waals surface area (Å²) in [5.41, 5.74) is 5.71. The summed E-state index contributed by atoms with van der Waals surface area (Å²) in [6, 6.07) is 0.998. The lowest BCUT2D eigenvalue weighted by molar-refractivity contribution is -0.120. The lowest BCUT2D eigenvalue weighted by Crippen LogP contribution is -2.48. The highest BCUT2D eigenvalue weighted by molar-refractivity contribution is 5.99. The van der Waals surface area contributed by atoms with Crippen LogP contribution < -0.4 is 21.1 Å². The number of nitrogens with one attached hydrogen (secondary N) is 2. The van der Waals surface area contributed by atoms with E-state index in [4.69, 9.17) is 15.2 Å². The van der Waals surface area contributed by atoms with Gasteiger partial charge in [-0.3, -0.25) is 9.59 Å². The second-order valence-electron chi connectivity index (χ2n) is 4.22. The Labute approximate surface area is 139 Å². The van der Waals surface area contributed by atoms with E-state index in [1.807, 2.05) is 0 Å². The van der Waals surface area contributed by atoms with Gasteiger partial charge in [-0.1, -0.05) is 0 Å². The summed E-state index contributed by atoms with van der Waals surface area (Å²) < 4.78 is 10.1. The molecule has 8 nitrogen and oxygen atoms in total. The van der Waals surface area contributed by atoms with Gasteiger partial charge in [0, 0.05) is 6.54 Å². The zero-order valence-electron chi connectivity index (χ0n) is 11.8. The number of rotatable bonds is 4. The zero-order chi connectivity index (χ0) is 14.5. The smallest absolute Gasteiger partial charge is 0.254 e. The molecule has 2 amide bonds. The van der Waals surface area contributed by atoms with Gasteiger partial charge < -0.3 is 25.8 Å². The summed E-state index contributed by atoms with van der Waals surface area (Å²) in [7, 11) is 1.39. The summed E-state index contributed by atoms with van der Waals surface area (Å²) in [6.07, 6.45) is 1.40. The van der Waals surface area contributed by atoms with Gasteiger partial charge in [-0.15, -0.1) is 24.8 Å². The van der Waals surface area contributed by atoms with Gasteiger partial charge in [-0.2, -0.15) is 0 Å². The van der Waals surface area contributed by atoms with Gasteiger partial charge >= 0.3 is 0 Å². The number of nitrogens with two attached hydrogens (primary N) is 1. The summed E-state index contributed by atoms with van der Waals surface area (Å²) in [5, 5.41) is 5.68. The molecule has 22 heavy (non-hydrogen) atoms. The molecule has 0 aromatic carbocycles. The van der Waals surface area contributed by atoms with Crippen LogP contribution in [-0.2, 0) is 9.53 Å². The second-order valence-corrected chi connectivity index (χ2v) is 4.22. The molecule has 1 fully saturated rings. The molecule has 10 heteroatoms. The standard InChI is InChI=1S/C12H16N4O4.2ClH/c1-19-12-8(10(13)17)4-7(5-15-12)16-11(18)9-6-20-3-2-14-9;;/h4-5,9,14H,2-3,6H2,1H3,(H2,13,17)(H,16,18);2*1H. The number of hydrogen-bond donors (Lipinski definition) is 3. The minimum atomic E-state index is -0.676. The average Bonchev–Trinajstić information content (AvgIpc) is 2.48. The lowest BCUT2D eigenvalue weighted by atomic mass is 10.2. The molecule has 1 atom stereocenters. The van der Waals surface area contributed by atoms with Crippen molar-refractivity contribution in [2.24, 2.45) is 5.73 Å². The minimum Gasteiger partial charge on any atom is -0.480 e. The first-order valence-corrected chi connectivity index (χ1v) is 6.07. The van der Waals surface area contributed by atoms with Gasteiger partial charge in [0.25, 0.3) is 5.91 Å². The van der Waals surface area contributed by atoms with Crippen LogP contribution in [0.15, 0.2) is 12.3 Å². The molecule has 0 aliphatic carbocycles. The highest BCUT2D eigenvalue weighted by Gasteiger charge is 2.22. The van der Waals surface area contributed by atoms with Crippen LogP contribution in [0.3, 0.4) is 0 Å². The third kappa shape index (κ3) is 4.99. The molecule has 4 N–H and O–H groups in total. The number of amides is 2. The number of aromatic nitrogens is 1. The van der Waals surface area contributed by atoms with Crippen molar-refractivity contribution in [2.75, 3.05) is 32.2 Å². The van der Waals surface area contributed by atoms with Crippen molar-refractivity contribution in [1.29, 1.82) is 0 Å². The number of carbonyl (C=O) groups is 2. The number of pyridine rings is 1. The molecule has 1 unspecified atom stereocenters. The van der Waals surface area contributed by atoms with Crippen LogP contribution in [0, 0.1) is 0 Å². The Bertz CT molecular complexity index is 524. The molecule has 124 valence electrons. The number of carbonyl (C=O) groups excluding carboxylic acids is 2. The average molecular weight is 353 g/mol. The molecular formula is C12H18Cl2N4O4. The number of halogens is 2. The van der Waals surface area contributed by atoms with Crippen molar-refractivity contribution in [3.8, 4) is 5.88 Å². The molecule has 1 aliphatic rings. The van der Waals surface area contributed by atoms with Crippen LogP contribution in [0.25, 0.3) is 0 Å². The fourth-order valence-corrected chi connectivity index (χ4v) is 1.82. The number of morpholine rings is 1. The maximum atomic E-state index is 12.0. The van der Waals surface area contributed by atoms with Crippen LogP contribution >= 0.6 is 24.8 Å². The van der Waals surface area contributed by atoms with Crippen molar-refractivity contribution >= 4 is 42.3 Å². The maximum Gasteiger partial charge on any atom is 0.254 e. The quantitative estimate of drug-likeness (QED) is 0.700. The van der Waals surface area contributed by atoms with E-state index in [1.54, 1.807) is 0 Å². The molecule has 2 rings (SSSR count). The predicted octanol–water partition coefficient (Wildman–Crippen LogP) is -0.0404. The second kappa shape index (κ2) is 9.42. The summed E-state index contributed by atoms with van der Waals surface area (Å²) in [5.74, 6) is -0.814. The van der Waals surface area contributed by atoms with E-state index < -0.39 is 11.9 Å². The summed E-state index contributed by atoms with van der Waals surface area (Å²) >= 11 is 0. The van der Waals surface area contributed by atoms with Crippen LogP contribution in [-0.4, -0.2) is 49.7 Å². The summed E-state index contributed by atoms with van der Waals surface area (Å²) in [6.45, 7) is 1.50. The van der Waals surface area contributed by atoms with Crippen LogP contribution in [0.5, 0.6) is 5.88 Å². The minimum absolute atomic E-state index is 0. The number of hydrogen-bond acceptors (Lipinski definition) is 6. The Morgan fingerprint density at radius 3 is 2.77 bits per heavy atom. The number of nitrogens with zero attached hydrogens (tertiary/aromatic N) is 1. The first-order valence-electron chi connectivity index (χ1n) is 6.07. The first kappa shape index (κ1) is 20.4. The molecule has 2 heterocycles. The molecule has 1 aromatic heterocycles. The third-order valence-electron chi connectivity index (χ3n) is 2.82. The van der Waals surface area contributed by atoms with E-state index in [0.717, 1.165) is 0 Å². The van der Waals surface area contributed by atoms with Crippen molar-refractivity contribution in [3.63, 3.8) is 0 Å². The van der Waals surface area contributed by atoms with Crippen molar-refractivity contribution in [3.05, 3.63) is 17.8 Å². The van der Waals surface area contributed by atoms with E-state index in [1.165, 1.54) is 19.4 Å². The largest absolute Gasteiger partial charge is 0.480 e. The van der Waals surface area contributed by atoms with Crippen molar-refractivity contribution in [1.82, 2.24) is 10.3 Å². The first-order chi connectivity index (χ1) is 9.61. The molecule has 0 radical (unpaired) electrons.